The summed E-state index contributed by atoms with van der Waals surface area (Å²) < 4.78 is 0. The van der Waals surface area contributed by atoms with Crippen LogP contribution in [-0.4, -0.2) is 30.1 Å². The number of hydrogen-bond donors (Lipinski definition) is 1. The molecule has 0 aromatic carbocycles. The lowest BCUT2D eigenvalue weighted by molar-refractivity contribution is 0.0154. The predicted molar refractivity (Wildman–Crippen MR) is 80.7 cm³/mol. The van der Waals surface area contributed by atoms with Gasteiger partial charge in [0.2, 0.25) is 0 Å². The highest BCUT2D eigenvalue weighted by Crippen LogP contribution is 2.39. The normalized spacial score (nSPS) is 34.8. The molecule has 2 nitrogen and oxygen atoms in total. The Kier molecular flexibility index (Phi) is 6.13. The Morgan fingerprint density at radius 1 is 1.28 bits per heavy atom. The van der Waals surface area contributed by atoms with Gasteiger partial charge in [-0.25, -0.2) is 0 Å². The van der Waals surface area contributed by atoms with E-state index in [-0.39, 0.29) is 5.54 Å². The molecule has 0 radical (unpaired) electrons. The van der Waals surface area contributed by atoms with Crippen molar-refractivity contribution < 1.29 is 0 Å². The van der Waals surface area contributed by atoms with Crippen LogP contribution in [0.5, 0.6) is 0 Å². The summed E-state index contributed by atoms with van der Waals surface area (Å²) in [5.74, 6) is 2.46. The summed E-state index contributed by atoms with van der Waals surface area (Å²) in [4.78, 5) is 2.68. The molecule has 0 heterocycles. The zero-order chi connectivity index (χ0) is 13.8. The van der Waals surface area contributed by atoms with Gasteiger partial charge in [0.25, 0.3) is 0 Å². The maximum atomic E-state index is 6.20. The first-order valence-electron chi connectivity index (χ1n) is 7.94. The summed E-state index contributed by atoms with van der Waals surface area (Å²) in [5, 5.41) is 0. The Morgan fingerprint density at radius 2 is 1.94 bits per heavy atom. The van der Waals surface area contributed by atoms with Crippen molar-refractivity contribution in [2.45, 2.75) is 65.8 Å². The molecule has 0 aromatic heterocycles. The Balaban J connectivity index is 2.77. The van der Waals surface area contributed by atoms with E-state index >= 15 is 0 Å². The third-order valence-corrected chi connectivity index (χ3v) is 5.40. The van der Waals surface area contributed by atoms with E-state index in [2.05, 4.69) is 39.5 Å². The summed E-state index contributed by atoms with van der Waals surface area (Å²) in [5.41, 5.74) is 6.48. The molecule has 2 N–H and O–H groups in total. The Bertz CT molecular complexity index is 241. The van der Waals surface area contributed by atoms with Gasteiger partial charge in [-0.1, -0.05) is 41.0 Å². The molecular formula is C16H34N2. The van der Waals surface area contributed by atoms with E-state index < -0.39 is 0 Å². The number of likely N-dealkylation sites (N-methyl/N-ethyl adjacent to an activating group) is 1. The zero-order valence-electron chi connectivity index (χ0n) is 13.2. The van der Waals surface area contributed by atoms with Crippen LogP contribution in [0.15, 0.2) is 0 Å². The molecule has 0 bridgehead atoms. The smallest absolute Gasteiger partial charge is 0.0334 e. The van der Waals surface area contributed by atoms with E-state index in [4.69, 9.17) is 5.73 Å². The number of nitrogens with zero attached hydrogens (tertiary/aromatic N) is 1. The van der Waals surface area contributed by atoms with Crippen LogP contribution < -0.4 is 5.73 Å². The summed E-state index contributed by atoms with van der Waals surface area (Å²) in [6, 6.07) is 0. The fourth-order valence-corrected chi connectivity index (χ4v) is 3.45. The molecule has 4 unspecified atom stereocenters. The quantitative estimate of drug-likeness (QED) is 0.786. The van der Waals surface area contributed by atoms with Crippen molar-refractivity contribution in [1.29, 1.82) is 0 Å². The van der Waals surface area contributed by atoms with E-state index in [0.717, 1.165) is 30.8 Å². The van der Waals surface area contributed by atoms with Crippen molar-refractivity contribution in [3.8, 4) is 0 Å². The van der Waals surface area contributed by atoms with Gasteiger partial charge in [-0.15, -0.1) is 0 Å². The lowest BCUT2D eigenvalue weighted by Crippen LogP contribution is -2.58. The molecule has 1 fully saturated rings. The highest BCUT2D eigenvalue weighted by Gasteiger charge is 2.40. The maximum Gasteiger partial charge on any atom is 0.0334 e. The van der Waals surface area contributed by atoms with E-state index in [1.54, 1.807) is 0 Å². The molecule has 0 spiro atoms. The summed E-state index contributed by atoms with van der Waals surface area (Å²) in [7, 11) is 0. The minimum absolute atomic E-state index is 0.282. The first-order valence-corrected chi connectivity index (χ1v) is 7.94. The maximum absolute atomic E-state index is 6.20. The minimum atomic E-state index is 0.282. The number of rotatable bonds is 6. The van der Waals surface area contributed by atoms with Crippen molar-refractivity contribution in [2.75, 3.05) is 19.6 Å². The average molecular weight is 254 g/mol. The van der Waals surface area contributed by atoms with Crippen LogP contribution in [0, 0.1) is 17.8 Å². The van der Waals surface area contributed by atoms with Crippen molar-refractivity contribution in [3.05, 3.63) is 0 Å². The molecule has 2 heteroatoms. The van der Waals surface area contributed by atoms with Crippen LogP contribution in [0.3, 0.4) is 0 Å². The molecule has 18 heavy (non-hydrogen) atoms. The third kappa shape index (κ3) is 3.48. The predicted octanol–water partition coefficient (Wildman–Crippen LogP) is 3.51. The molecule has 0 aromatic rings. The standard InChI is InChI=1S/C16H34N2/c1-6-13(3)11-18(7-2)16(12-17)9-8-14(4)15(5)10-16/h13-15H,6-12,17H2,1-5H3. The monoisotopic (exact) mass is 254 g/mol. The summed E-state index contributed by atoms with van der Waals surface area (Å²) >= 11 is 0. The molecule has 108 valence electrons. The van der Waals surface area contributed by atoms with Crippen molar-refractivity contribution in [2.24, 2.45) is 23.5 Å². The SMILES string of the molecule is CCC(C)CN(CC)C1(CN)CCC(C)C(C)C1. The van der Waals surface area contributed by atoms with Crippen molar-refractivity contribution in [1.82, 2.24) is 4.90 Å². The number of nitrogens with two attached hydrogens (primary N) is 1. The zero-order valence-corrected chi connectivity index (χ0v) is 13.2. The molecule has 4 atom stereocenters. The van der Waals surface area contributed by atoms with Crippen LogP contribution in [-0.2, 0) is 0 Å². The van der Waals surface area contributed by atoms with Crippen molar-refractivity contribution in [3.63, 3.8) is 0 Å². The van der Waals surface area contributed by atoms with Crippen LogP contribution in [0.1, 0.15) is 60.3 Å². The second-order valence-corrected chi connectivity index (χ2v) is 6.68. The molecule has 1 aliphatic rings. The lowest BCUT2D eigenvalue weighted by Gasteiger charge is -2.50. The van der Waals surface area contributed by atoms with Crippen LogP contribution in [0.25, 0.3) is 0 Å². The molecule has 1 rings (SSSR count). The van der Waals surface area contributed by atoms with E-state index in [1.165, 1.54) is 32.2 Å². The Morgan fingerprint density at radius 3 is 2.39 bits per heavy atom. The lowest BCUT2D eigenvalue weighted by atomic mass is 9.70. The van der Waals surface area contributed by atoms with Crippen molar-refractivity contribution >= 4 is 0 Å². The molecule has 0 saturated heterocycles. The first-order chi connectivity index (χ1) is 8.49. The largest absolute Gasteiger partial charge is 0.329 e. The first kappa shape index (κ1) is 16.0. The summed E-state index contributed by atoms with van der Waals surface area (Å²) in [6.45, 7) is 14.9. The third-order valence-electron chi connectivity index (χ3n) is 5.40. The van der Waals surface area contributed by atoms with Gasteiger partial charge >= 0.3 is 0 Å². The molecule has 1 aliphatic carbocycles. The van der Waals surface area contributed by atoms with Gasteiger partial charge in [0.1, 0.15) is 0 Å². The summed E-state index contributed by atoms with van der Waals surface area (Å²) in [6.07, 6.45) is 5.19. The highest BCUT2D eigenvalue weighted by molar-refractivity contribution is 4.97. The topological polar surface area (TPSA) is 29.3 Å². The van der Waals surface area contributed by atoms with Gasteiger partial charge in [0, 0.05) is 18.6 Å². The van der Waals surface area contributed by atoms with E-state index in [9.17, 15) is 0 Å². The second kappa shape index (κ2) is 6.91. The Labute approximate surface area is 114 Å². The number of hydrogen-bond acceptors (Lipinski definition) is 2. The minimum Gasteiger partial charge on any atom is -0.329 e. The van der Waals surface area contributed by atoms with Gasteiger partial charge in [0.15, 0.2) is 0 Å². The molecule has 0 amide bonds. The van der Waals surface area contributed by atoms with Crippen LogP contribution in [0.4, 0.5) is 0 Å². The highest BCUT2D eigenvalue weighted by atomic mass is 15.2. The fraction of sp³-hybridized carbons (Fsp3) is 1.00. The van der Waals surface area contributed by atoms with E-state index in [1.807, 2.05) is 0 Å². The van der Waals surface area contributed by atoms with Gasteiger partial charge in [-0.05, 0) is 43.6 Å². The molecule has 0 aliphatic heterocycles. The fourth-order valence-electron chi connectivity index (χ4n) is 3.45. The van der Waals surface area contributed by atoms with E-state index in [0.29, 0.717) is 0 Å². The average Bonchev–Trinajstić information content (AvgIpc) is 2.39. The van der Waals surface area contributed by atoms with Gasteiger partial charge in [-0.2, -0.15) is 0 Å². The van der Waals surface area contributed by atoms with Gasteiger partial charge in [0.05, 0.1) is 0 Å². The molecule has 1 saturated carbocycles. The van der Waals surface area contributed by atoms with Gasteiger partial charge < -0.3 is 5.73 Å². The Hall–Kier alpha value is -0.0800. The van der Waals surface area contributed by atoms with Gasteiger partial charge in [-0.3, -0.25) is 4.90 Å². The van der Waals surface area contributed by atoms with Crippen LogP contribution in [0.2, 0.25) is 0 Å². The van der Waals surface area contributed by atoms with Crippen LogP contribution >= 0.6 is 0 Å². The molecular weight excluding hydrogens is 220 g/mol. The second-order valence-electron chi connectivity index (χ2n) is 6.68.